The van der Waals surface area contributed by atoms with Gasteiger partial charge in [-0.1, -0.05) is 23.5 Å². The second-order valence-electron chi connectivity index (χ2n) is 7.57. The zero-order valence-electron chi connectivity index (χ0n) is 19.1. The number of ether oxygens (including phenoxy) is 1. The molecule has 13 heteroatoms. The maximum atomic E-state index is 11.5. The quantitative estimate of drug-likeness (QED) is 0.381. The summed E-state index contributed by atoms with van der Waals surface area (Å²) >= 11 is 1.42. The van der Waals surface area contributed by atoms with Gasteiger partial charge < -0.3 is 9.84 Å². The van der Waals surface area contributed by atoms with Crippen LogP contribution in [-0.4, -0.2) is 41.5 Å². The number of hydrogen-bond acceptors (Lipinski definition) is 10. The van der Waals surface area contributed by atoms with Crippen molar-refractivity contribution in [2.75, 3.05) is 16.8 Å². The molecule has 184 valence electrons. The lowest BCUT2D eigenvalue weighted by molar-refractivity contribution is -0.136. The molecule has 0 amide bonds. The number of aryl methyl sites for hydroxylation is 2. The standard InChI is InChI=1S/C22H23N5O6S2/c1-4-33-20-15(12-19(28)29)6-5-7-18(20)21-24-26(16-8-10-17(11-9-16)35(30,31)32)27(25-21)22-23-13(2)14(3)34-22/h5-11H,4,12H2,1-3H3,(H,24,25)(H,28,29)(H,30,31,32). The molecule has 0 fully saturated rings. The van der Waals surface area contributed by atoms with Gasteiger partial charge in [0.15, 0.2) is 5.84 Å². The number of anilines is 2. The average molecular weight is 518 g/mol. The molecule has 0 saturated heterocycles. The molecule has 11 nitrogen and oxygen atoms in total. The first-order valence-electron chi connectivity index (χ1n) is 10.5. The zero-order valence-corrected chi connectivity index (χ0v) is 20.7. The monoisotopic (exact) mass is 517 g/mol. The molecule has 3 aromatic rings. The first-order chi connectivity index (χ1) is 16.6. The number of para-hydroxylation sites is 1. The van der Waals surface area contributed by atoms with Crippen LogP contribution in [0.2, 0.25) is 0 Å². The lowest BCUT2D eigenvalue weighted by Gasteiger charge is -2.26. The number of carbonyl (C=O) groups is 1. The molecule has 0 radical (unpaired) electrons. The van der Waals surface area contributed by atoms with Gasteiger partial charge in [0.05, 0.1) is 34.9 Å². The van der Waals surface area contributed by atoms with Crippen molar-refractivity contribution in [1.29, 1.82) is 0 Å². The number of benzene rings is 2. The number of carboxylic acids is 1. The summed E-state index contributed by atoms with van der Waals surface area (Å²) in [5.74, 6) is -0.205. The minimum Gasteiger partial charge on any atom is -0.493 e. The summed E-state index contributed by atoms with van der Waals surface area (Å²) in [6.07, 6.45) is -0.216. The van der Waals surface area contributed by atoms with Gasteiger partial charge in [-0.2, -0.15) is 13.5 Å². The van der Waals surface area contributed by atoms with E-state index in [-0.39, 0.29) is 11.3 Å². The Morgan fingerprint density at radius 1 is 1.17 bits per heavy atom. The highest BCUT2D eigenvalue weighted by atomic mass is 32.2. The smallest absolute Gasteiger partial charge is 0.307 e. The summed E-state index contributed by atoms with van der Waals surface area (Å²) in [4.78, 5) is 16.7. The molecular formula is C22H23N5O6S2. The minimum absolute atomic E-state index is 0.216. The predicted octanol–water partition coefficient (Wildman–Crippen LogP) is 3.14. The van der Waals surface area contributed by atoms with Crippen molar-refractivity contribution < 1.29 is 27.6 Å². The molecule has 3 N–H and O–H groups in total. The Balaban J connectivity index is 1.80. The third kappa shape index (κ3) is 5.06. The number of hydrazone groups is 1. The van der Waals surface area contributed by atoms with Gasteiger partial charge in [0, 0.05) is 10.4 Å². The summed E-state index contributed by atoms with van der Waals surface area (Å²) in [5, 5.41) is 17.7. The molecule has 1 aliphatic rings. The lowest BCUT2D eigenvalue weighted by atomic mass is 10.1. The van der Waals surface area contributed by atoms with Crippen molar-refractivity contribution >= 4 is 44.1 Å². The third-order valence-electron chi connectivity index (χ3n) is 5.15. The van der Waals surface area contributed by atoms with Crippen molar-refractivity contribution in [3.05, 3.63) is 64.2 Å². The summed E-state index contributed by atoms with van der Waals surface area (Å²) < 4.78 is 38.1. The number of rotatable bonds is 8. The molecule has 0 bridgehead atoms. The normalized spacial score (nSPS) is 13.5. The molecular weight excluding hydrogens is 494 g/mol. The van der Waals surface area contributed by atoms with E-state index in [4.69, 9.17) is 9.84 Å². The number of carboxylic acid groups (broad SMARTS) is 1. The maximum absolute atomic E-state index is 11.5. The zero-order chi connectivity index (χ0) is 25.3. The van der Waals surface area contributed by atoms with E-state index in [1.54, 1.807) is 23.3 Å². The summed E-state index contributed by atoms with van der Waals surface area (Å²) in [6, 6.07) is 10.8. The van der Waals surface area contributed by atoms with Crippen molar-refractivity contribution in [1.82, 2.24) is 10.4 Å². The summed E-state index contributed by atoms with van der Waals surface area (Å²) in [6.45, 7) is 5.96. The summed E-state index contributed by atoms with van der Waals surface area (Å²) in [5.41, 5.74) is 5.59. The van der Waals surface area contributed by atoms with Crippen molar-refractivity contribution in [3.63, 3.8) is 0 Å². The fraction of sp³-hybridized carbons (Fsp3) is 0.227. The van der Waals surface area contributed by atoms with E-state index in [9.17, 15) is 22.9 Å². The number of hydrazine groups is 2. The molecule has 4 rings (SSSR count). The number of hydrogen-bond donors (Lipinski definition) is 3. The average Bonchev–Trinajstić information content (AvgIpc) is 3.38. The Morgan fingerprint density at radius 3 is 2.46 bits per heavy atom. The second-order valence-corrected chi connectivity index (χ2v) is 10.2. The number of nitrogens with one attached hydrogen (secondary N) is 1. The fourth-order valence-corrected chi connectivity index (χ4v) is 4.75. The van der Waals surface area contributed by atoms with E-state index in [1.165, 1.54) is 40.7 Å². The van der Waals surface area contributed by atoms with Crippen LogP contribution in [0.4, 0.5) is 10.8 Å². The Labute approximate surface area is 206 Å². The van der Waals surface area contributed by atoms with Crippen LogP contribution in [0.25, 0.3) is 0 Å². The molecule has 0 spiro atoms. The van der Waals surface area contributed by atoms with E-state index in [0.717, 1.165) is 10.6 Å². The van der Waals surface area contributed by atoms with Gasteiger partial charge >= 0.3 is 5.97 Å². The topological polar surface area (TPSA) is 145 Å². The van der Waals surface area contributed by atoms with Gasteiger partial charge in [0.2, 0.25) is 5.13 Å². The van der Waals surface area contributed by atoms with Gasteiger partial charge in [-0.3, -0.25) is 14.8 Å². The Bertz CT molecular complexity index is 1380. The van der Waals surface area contributed by atoms with Gasteiger partial charge in [-0.25, -0.2) is 4.98 Å². The third-order valence-corrected chi connectivity index (χ3v) is 7.05. The van der Waals surface area contributed by atoms with E-state index < -0.39 is 16.1 Å². The minimum atomic E-state index is -4.35. The van der Waals surface area contributed by atoms with Gasteiger partial charge in [0.25, 0.3) is 10.1 Å². The molecule has 0 unspecified atom stereocenters. The highest BCUT2D eigenvalue weighted by Crippen LogP contribution is 2.33. The predicted molar refractivity (Wildman–Crippen MR) is 131 cm³/mol. The molecule has 1 aromatic heterocycles. The van der Waals surface area contributed by atoms with Crippen LogP contribution >= 0.6 is 11.3 Å². The fourth-order valence-electron chi connectivity index (χ4n) is 3.41. The molecule has 1 aliphatic heterocycles. The molecule has 0 atom stereocenters. The van der Waals surface area contributed by atoms with Crippen molar-refractivity contribution in [2.24, 2.45) is 5.10 Å². The first kappa shape index (κ1) is 24.4. The van der Waals surface area contributed by atoms with Crippen molar-refractivity contribution in [3.8, 4) is 5.75 Å². The largest absolute Gasteiger partial charge is 0.493 e. The molecule has 0 aliphatic carbocycles. The number of aromatic nitrogens is 1. The van der Waals surface area contributed by atoms with Gasteiger partial charge in [-0.15, -0.1) is 10.2 Å². The van der Waals surface area contributed by atoms with Crippen LogP contribution in [0.1, 0.15) is 28.6 Å². The van der Waals surface area contributed by atoms with Gasteiger partial charge in [0.1, 0.15) is 5.75 Å². The van der Waals surface area contributed by atoms with E-state index in [1.807, 2.05) is 20.8 Å². The van der Waals surface area contributed by atoms with Crippen LogP contribution in [0.5, 0.6) is 5.75 Å². The van der Waals surface area contributed by atoms with E-state index in [2.05, 4.69) is 10.4 Å². The van der Waals surface area contributed by atoms with E-state index >= 15 is 0 Å². The first-order valence-corrected chi connectivity index (χ1v) is 12.8. The highest BCUT2D eigenvalue weighted by molar-refractivity contribution is 7.85. The Morgan fingerprint density at radius 2 is 1.89 bits per heavy atom. The van der Waals surface area contributed by atoms with Gasteiger partial charge in [-0.05, 0) is 51.1 Å². The lowest BCUT2D eigenvalue weighted by Crippen LogP contribution is -2.44. The van der Waals surface area contributed by atoms with Crippen LogP contribution in [0.15, 0.2) is 52.5 Å². The number of nitrogens with zero attached hydrogens (tertiary/aromatic N) is 4. The van der Waals surface area contributed by atoms with Crippen LogP contribution in [0, 0.1) is 13.8 Å². The van der Waals surface area contributed by atoms with Crippen LogP contribution in [0.3, 0.4) is 0 Å². The van der Waals surface area contributed by atoms with E-state index in [0.29, 0.717) is 40.1 Å². The van der Waals surface area contributed by atoms with Crippen LogP contribution in [-0.2, 0) is 21.3 Å². The SMILES string of the molecule is CCOc1c(CC(=O)O)cccc1C1=NN(c2nc(C)c(C)s2)N(c2ccc(S(=O)(=O)O)cc2)N1. The molecule has 0 saturated carbocycles. The molecule has 2 aromatic carbocycles. The van der Waals surface area contributed by atoms with Crippen molar-refractivity contribution in [2.45, 2.75) is 32.1 Å². The maximum Gasteiger partial charge on any atom is 0.307 e. The number of aliphatic carboxylic acids is 1. The summed E-state index contributed by atoms with van der Waals surface area (Å²) in [7, 11) is -4.35. The Kier molecular flexibility index (Phi) is 6.65. The highest BCUT2D eigenvalue weighted by Gasteiger charge is 2.31. The Hall–Kier alpha value is -3.68. The molecule has 35 heavy (non-hydrogen) atoms. The number of amidine groups is 1. The second kappa shape index (κ2) is 9.52. The van der Waals surface area contributed by atoms with Crippen LogP contribution < -0.4 is 20.4 Å². The molecule has 2 heterocycles. The number of thiazole rings is 1.